The zero-order valence-corrected chi connectivity index (χ0v) is 11.6. The van der Waals surface area contributed by atoms with E-state index in [0.717, 1.165) is 23.4 Å². The number of carbonyl (C=O) groups is 1. The van der Waals surface area contributed by atoms with Crippen LogP contribution in [0.3, 0.4) is 0 Å². The lowest BCUT2D eigenvalue weighted by Crippen LogP contribution is -2.07. The fraction of sp³-hybridized carbons (Fsp3) is 0.462. The smallest absolute Gasteiger partial charge is 0.353 e. The molecule has 6 nitrogen and oxygen atoms in total. The highest BCUT2D eigenvalue weighted by Gasteiger charge is 2.19. The molecule has 0 saturated carbocycles. The summed E-state index contributed by atoms with van der Waals surface area (Å²) in [6, 6.07) is 1.85. The molecule has 0 saturated heterocycles. The second-order valence-corrected chi connectivity index (χ2v) is 4.72. The van der Waals surface area contributed by atoms with E-state index in [0.29, 0.717) is 11.7 Å². The van der Waals surface area contributed by atoms with Gasteiger partial charge in [0.25, 0.3) is 0 Å². The monoisotopic (exact) mass is 262 g/mol. The number of hydrogen-bond donors (Lipinski definition) is 2. The van der Waals surface area contributed by atoms with E-state index in [1.165, 1.54) is 0 Å². The van der Waals surface area contributed by atoms with Crippen molar-refractivity contribution in [1.82, 2.24) is 20.0 Å². The Hall–Kier alpha value is -2.11. The molecule has 0 aromatic carbocycles. The molecule has 1 unspecified atom stereocenters. The number of aromatic amines is 1. The van der Waals surface area contributed by atoms with E-state index in [1.807, 2.05) is 18.5 Å². The maximum atomic E-state index is 10.9. The lowest BCUT2D eigenvalue weighted by molar-refractivity contribution is 0.0690. The molecule has 0 bridgehead atoms. The van der Waals surface area contributed by atoms with Crippen molar-refractivity contribution >= 4 is 5.97 Å². The number of nitrogens with zero attached hydrogens (tertiary/aromatic N) is 3. The lowest BCUT2D eigenvalue weighted by atomic mass is 10.1. The molecule has 2 rings (SSSR count). The summed E-state index contributed by atoms with van der Waals surface area (Å²) in [5, 5.41) is 20.0. The fourth-order valence-corrected chi connectivity index (χ4v) is 2.20. The SMILES string of the molecule is CCC(C)n1nc(C)c(-c2cc(C(=O)O)[nH]n2)c1C. The second-order valence-electron chi connectivity index (χ2n) is 4.72. The summed E-state index contributed by atoms with van der Waals surface area (Å²) in [4.78, 5) is 10.9. The van der Waals surface area contributed by atoms with Gasteiger partial charge in [-0.1, -0.05) is 6.92 Å². The van der Waals surface area contributed by atoms with Gasteiger partial charge in [-0.3, -0.25) is 9.78 Å². The molecule has 2 aromatic rings. The van der Waals surface area contributed by atoms with E-state index >= 15 is 0 Å². The van der Waals surface area contributed by atoms with Crippen LogP contribution in [0.4, 0.5) is 0 Å². The number of aryl methyl sites for hydroxylation is 1. The first-order valence-corrected chi connectivity index (χ1v) is 6.30. The Balaban J connectivity index is 2.50. The number of rotatable bonds is 4. The van der Waals surface area contributed by atoms with Gasteiger partial charge in [0.2, 0.25) is 0 Å². The molecule has 2 N–H and O–H groups in total. The van der Waals surface area contributed by atoms with Gasteiger partial charge in [0, 0.05) is 17.3 Å². The summed E-state index contributed by atoms with van der Waals surface area (Å²) < 4.78 is 1.97. The normalized spacial score (nSPS) is 12.6. The molecule has 0 aliphatic carbocycles. The lowest BCUT2D eigenvalue weighted by Gasteiger charge is -2.11. The van der Waals surface area contributed by atoms with Gasteiger partial charge < -0.3 is 5.11 Å². The molecule has 2 aromatic heterocycles. The Morgan fingerprint density at radius 2 is 2.21 bits per heavy atom. The molecule has 102 valence electrons. The van der Waals surface area contributed by atoms with Gasteiger partial charge in [0.1, 0.15) is 5.69 Å². The van der Waals surface area contributed by atoms with Crippen molar-refractivity contribution in [2.45, 2.75) is 40.2 Å². The molecule has 2 heterocycles. The molecule has 0 radical (unpaired) electrons. The highest BCUT2D eigenvalue weighted by Crippen LogP contribution is 2.28. The van der Waals surface area contributed by atoms with E-state index in [2.05, 4.69) is 29.1 Å². The van der Waals surface area contributed by atoms with Crippen molar-refractivity contribution in [3.05, 3.63) is 23.1 Å². The van der Waals surface area contributed by atoms with Crippen LogP contribution in [0, 0.1) is 13.8 Å². The van der Waals surface area contributed by atoms with Crippen LogP contribution < -0.4 is 0 Å². The highest BCUT2D eigenvalue weighted by atomic mass is 16.4. The van der Waals surface area contributed by atoms with E-state index in [-0.39, 0.29) is 5.69 Å². The number of carboxylic acid groups (broad SMARTS) is 1. The van der Waals surface area contributed by atoms with Gasteiger partial charge in [0.05, 0.1) is 11.4 Å². The average Bonchev–Trinajstić information content (AvgIpc) is 2.93. The third kappa shape index (κ3) is 2.25. The van der Waals surface area contributed by atoms with E-state index in [4.69, 9.17) is 5.11 Å². The zero-order chi connectivity index (χ0) is 14.2. The summed E-state index contributed by atoms with van der Waals surface area (Å²) in [7, 11) is 0. The third-order valence-electron chi connectivity index (χ3n) is 3.40. The predicted molar refractivity (Wildman–Crippen MR) is 71.2 cm³/mol. The zero-order valence-electron chi connectivity index (χ0n) is 11.6. The van der Waals surface area contributed by atoms with E-state index in [9.17, 15) is 4.79 Å². The van der Waals surface area contributed by atoms with Crippen LogP contribution in [0.2, 0.25) is 0 Å². The summed E-state index contributed by atoms with van der Waals surface area (Å²) in [5.74, 6) is -1.01. The molecule has 1 atom stereocenters. The number of carboxylic acids is 1. The first-order valence-electron chi connectivity index (χ1n) is 6.30. The van der Waals surface area contributed by atoms with Gasteiger partial charge in [-0.2, -0.15) is 10.2 Å². The molecular weight excluding hydrogens is 244 g/mol. The topological polar surface area (TPSA) is 83.8 Å². The Labute approximate surface area is 111 Å². The average molecular weight is 262 g/mol. The molecule has 0 aliphatic heterocycles. The van der Waals surface area contributed by atoms with E-state index < -0.39 is 5.97 Å². The third-order valence-corrected chi connectivity index (χ3v) is 3.40. The van der Waals surface area contributed by atoms with Crippen LogP contribution in [0.25, 0.3) is 11.3 Å². The minimum absolute atomic E-state index is 0.0880. The molecular formula is C13H18N4O2. The van der Waals surface area contributed by atoms with Crippen molar-refractivity contribution in [3.8, 4) is 11.3 Å². The van der Waals surface area contributed by atoms with Crippen molar-refractivity contribution in [2.24, 2.45) is 0 Å². The summed E-state index contributed by atoms with van der Waals surface area (Å²) in [6.45, 7) is 8.11. The predicted octanol–water partition coefficient (Wildman–Crippen LogP) is 2.56. The number of nitrogens with one attached hydrogen (secondary N) is 1. The Morgan fingerprint density at radius 3 is 2.74 bits per heavy atom. The quantitative estimate of drug-likeness (QED) is 0.886. The number of hydrogen-bond acceptors (Lipinski definition) is 3. The minimum Gasteiger partial charge on any atom is -0.477 e. The van der Waals surface area contributed by atoms with E-state index in [1.54, 1.807) is 6.07 Å². The Kier molecular flexibility index (Phi) is 3.42. The van der Waals surface area contributed by atoms with Crippen LogP contribution in [0.1, 0.15) is 48.2 Å². The number of aromatic nitrogens is 4. The summed E-state index contributed by atoms with van der Waals surface area (Å²) in [6.07, 6.45) is 0.988. The first-order chi connectivity index (χ1) is 8.95. The van der Waals surface area contributed by atoms with Gasteiger partial charge in [-0.15, -0.1) is 0 Å². The van der Waals surface area contributed by atoms with Crippen LogP contribution >= 0.6 is 0 Å². The highest BCUT2D eigenvalue weighted by molar-refractivity contribution is 5.87. The second kappa shape index (κ2) is 4.87. The number of aromatic carboxylic acids is 1. The standard InChI is InChI=1S/C13H18N4O2/c1-5-7(2)17-9(4)12(8(3)16-17)10-6-11(13(18)19)15-14-10/h6-7H,5H2,1-4H3,(H,14,15)(H,18,19). The molecule has 0 fully saturated rings. The van der Waals surface area contributed by atoms with Gasteiger partial charge in [0.15, 0.2) is 0 Å². The first kappa shape index (κ1) is 13.3. The van der Waals surface area contributed by atoms with Crippen molar-refractivity contribution in [3.63, 3.8) is 0 Å². The van der Waals surface area contributed by atoms with Gasteiger partial charge >= 0.3 is 5.97 Å². The van der Waals surface area contributed by atoms with Gasteiger partial charge in [-0.25, -0.2) is 4.79 Å². The number of H-pyrrole nitrogens is 1. The van der Waals surface area contributed by atoms with Crippen LogP contribution in [-0.2, 0) is 0 Å². The summed E-state index contributed by atoms with van der Waals surface area (Å²) >= 11 is 0. The molecule has 0 spiro atoms. The molecule has 6 heteroatoms. The minimum atomic E-state index is -1.01. The van der Waals surface area contributed by atoms with Crippen molar-refractivity contribution in [1.29, 1.82) is 0 Å². The Morgan fingerprint density at radius 1 is 1.53 bits per heavy atom. The van der Waals surface area contributed by atoms with Gasteiger partial charge in [-0.05, 0) is 33.3 Å². The maximum absolute atomic E-state index is 10.9. The molecule has 0 aliphatic rings. The molecule has 19 heavy (non-hydrogen) atoms. The van der Waals surface area contributed by atoms with Crippen LogP contribution in [0.5, 0.6) is 0 Å². The van der Waals surface area contributed by atoms with Crippen LogP contribution in [0.15, 0.2) is 6.07 Å². The Bertz CT molecular complexity index is 612. The van der Waals surface area contributed by atoms with Crippen molar-refractivity contribution in [2.75, 3.05) is 0 Å². The maximum Gasteiger partial charge on any atom is 0.353 e. The largest absolute Gasteiger partial charge is 0.477 e. The van der Waals surface area contributed by atoms with Crippen LogP contribution in [-0.4, -0.2) is 31.1 Å². The molecule has 0 amide bonds. The van der Waals surface area contributed by atoms with Crippen molar-refractivity contribution < 1.29 is 9.90 Å². The summed E-state index contributed by atoms with van der Waals surface area (Å²) in [5.41, 5.74) is 3.49. The fourth-order valence-electron chi connectivity index (χ4n) is 2.20.